The van der Waals surface area contributed by atoms with Crippen LogP contribution < -0.4 is 15.0 Å². The molecule has 0 radical (unpaired) electrons. The lowest BCUT2D eigenvalue weighted by molar-refractivity contribution is 0.0495. The fraction of sp³-hybridized carbons (Fsp3) is 0.320. The molecule has 0 saturated heterocycles. The zero-order valence-electron chi connectivity index (χ0n) is 19.1. The molecule has 3 aromatic heterocycles. The van der Waals surface area contributed by atoms with E-state index in [0.29, 0.717) is 47.0 Å². The van der Waals surface area contributed by atoms with Gasteiger partial charge in [0.25, 0.3) is 5.56 Å². The first kappa shape index (κ1) is 20.9. The zero-order chi connectivity index (χ0) is 23.6. The van der Waals surface area contributed by atoms with Gasteiger partial charge in [0.15, 0.2) is 11.5 Å². The predicted octanol–water partition coefficient (Wildman–Crippen LogP) is 3.31. The lowest BCUT2D eigenvalue weighted by Gasteiger charge is -2.25. The maximum Gasteiger partial charge on any atom is 0.257 e. The second-order valence-corrected chi connectivity index (χ2v) is 8.90. The Bertz CT molecular complexity index is 1500. The molecule has 4 aromatic rings. The molecule has 0 bridgehead atoms. The van der Waals surface area contributed by atoms with Crippen LogP contribution >= 0.6 is 0 Å². The first-order valence-electron chi connectivity index (χ1n) is 11.2. The summed E-state index contributed by atoms with van der Waals surface area (Å²) < 4.78 is 18.2. The summed E-state index contributed by atoms with van der Waals surface area (Å²) in [5.41, 5.74) is 4.52. The number of ether oxygens (including phenoxy) is 3. The van der Waals surface area contributed by atoms with Crippen LogP contribution in [0.2, 0.25) is 0 Å². The van der Waals surface area contributed by atoms with Crippen LogP contribution in [0.5, 0.6) is 11.5 Å². The van der Waals surface area contributed by atoms with Crippen LogP contribution in [0.4, 0.5) is 0 Å². The van der Waals surface area contributed by atoms with E-state index in [1.165, 1.54) is 0 Å². The van der Waals surface area contributed by atoms with Crippen LogP contribution in [-0.4, -0.2) is 38.8 Å². The first-order chi connectivity index (χ1) is 16.4. The number of H-pyrrole nitrogens is 1. The summed E-state index contributed by atoms with van der Waals surface area (Å²) in [6.07, 6.45) is 4.04. The Kier molecular flexibility index (Phi) is 4.55. The lowest BCUT2D eigenvalue weighted by atomic mass is 9.89. The Labute approximate surface area is 194 Å². The molecule has 174 valence electrons. The molecule has 2 aliphatic heterocycles. The Balaban J connectivity index is 1.68. The average Bonchev–Trinajstić information content (AvgIpc) is 3.58. The molecule has 0 fully saturated rings. The van der Waals surface area contributed by atoms with Gasteiger partial charge in [0.2, 0.25) is 6.79 Å². The lowest BCUT2D eigenvalue weighted by Crippen LogP contribution is -2.31. The molecule has 2 N–H and O–H groups in total. The van der Waals surface area contributed by atoms with E-state index in [1.807, 2.05) is 31.3 Å². The number of aliphatic hydroxyl groups is 1. The summed E-state index contributed by atoms with van der Waals surface area (Å²) in [5, 5.41) is 19.0. The Morgan fingerprint density at radius 1 is 1.26 bits per heavy atom. The number of methoxy groups -OCH3 is 1. The van der Waals surface area contributed by atoms with Gasteiger partial charge in [-0.1, -0.05) is 6.92 Å². The highest BCUT2D eigenvalue weighted by Gasteiger charge is 2.33. The van der Waals surface area contributed by atoms with Crippen molar-refractivity contribution < 1.29 is 19.3 Å². The zero-order valence-corrected chi connectivity index (χ0v) is 19.1. The van der Waals surface area contributed by atoms with Gasteiger partial charge in [-0.25, -0.2) is 4.98 Å². The van der Waals surface area contributed by atoms with Gasteiger partial charge in [-0.3, -0.25) is 9.89 Å². The Hall–Kier alpha value is -3.69. The average molecular weight is 460 g/mol. The van der Waals surface area contributed by atoms with Crippen LogP contribution in [-0.2, 0) is 23.5 Å². The third-order valence-corrected chi connectivity index (χ3v) is 6.88. The first-order valence-corrected chi connectivity index (χ1v) is 11.2. The van der Waals surface area contributed by atoms with E-state index < -0.39 is 5.60 Å². The molecule has 34 heavy (non-hydrogen) atoms. The van der Waals surface area contributed by atoms with E-state index >= 15 is 0 Å². The quantitative estimate of drug-likeness (QED) is 0.414. The third-order valence-electron chi connectivity index (χ3n) is 6.88. The summed E-state index contributed by atoms with van der Waals surface area (Å²) in [6, 6.07) is 5.68. The van der Waals surface area contributed by atoms with Crippen molar-refractivity contribution in [2.45, 2.75) is 39.0 Å². The predicted molar refractivity (Wildman–Crippen MR) is 125 cm³/mol. The van der Waals surface area contributed by atoms with Crippen molar-refractivity contribution in [2.75, 3.05) is 13.9 Å². The number of rotatable bonds is 5. The van der Waals surface area contributed by atoms with Crippen LogP contribution in [0.15, 0.2) is 35.4 Å². The van der Waals surface area contributed by atoms with Crippen molar-refractivity contribution in [3.8, 4) is 34.0 Å². The molecule has 1 aromatic carbocycles. The van der Waals surface area contributed by atoms with Gasteiger partial charge in [0, 0.05) is 47.0 Å². The molecule has 0 saturated carbocycles. The van der Waals surface area contributed by atoms with Gasteiger partial charge in [-0.05, 0) is 31.0 Å². The van der Waals surface area contributed by atoms with Crippen molar-refractivity contribution in [3.63, 3.8) is 0 Å². The van der Waals surface area contributed by atoms with Crippen molar-refractivity contribution in [2.24, 2.45) is 0 Å². The van der Waals surface area contributed by atoms with E-state index in [0.717, 1.165) is 27.6 Å². The fourth-order valence-corrected chi connectivity index (χ4v) is 4.93. The van der Waals surface area contributed by atoms with Crippen LogP contribution in [0.3, 0.4) is 0 Å². The number of benzene rings is 1. The largest absolute Gasteiger partial charge is 0.454 e. The highest BCUT2D eigenvalue weighted by atomic mass is 16.7. The fourth-order valence-electron chi connectivity index (χ4n) is 4.93. The van der Waals surface area contributed by atoms with Crippen LogP contribution in [0, 0.1) is 0 Å². The summed E-state index contributed by atoms with van der Waals surface area (Å²) in [7, 11) is 1.55. The number of hydrogen-bond acceptors (Lipinski definition) is 7. The Morgan fingerprint density at radius 3 is 2.76 bits per heavy atom. The minimum atomic E-state index is -1.18. The van der Waals surface area contributed by atoms with Gasteiger partial charge in [-0.2, -0.15) is 5.10 Å². The summed E-state index contributed by atoms with van der Waals surface area (Å²) in [5.74, 6) is 1.30. The Morgan fingerprint density at radius 2 is 2.06 bits per heavy atom. The van der Waals surface area contributed by atoms with Crippen molar-refractivity contribution in [1.29, 1.82) is 0 Å². The minimum Gasteiger partial charge on any atom is -0.454 e. The molecular formula is C25H24N4O5. The summed E-state index contributed by atoms with van der Waals surface area (Å²) >= 11 is 0. The van der Waals surface area contributed by atoms with Crippen LogP contribution in [0.25, 0.3) is 33.4 Å². The van der Waals surface area contributed by atoms with Crippen LogP contribution in [0.1, 0.15) is 37.0 Å². The van der Waals surface area contributed by atoms with Gasteiger partial charge in [-0.15, -0.1) is 0 Å². The number of nitrogens with zero attached hydrogens (tertiary/aromatic N) is 3. The number of aromatic nitrogens is 4. The van der Waals surface area contributed by atoms with Crippen molar-refractivity contribution in [3.05, 3.63) is 57.6 Å². The topological polar surface area (TPSA) is 111 Å². The SMILES string of the molecule is CC[C@](C)(O)c1cc2n(c(=O)c1COC)Cc1c-2nc2cc3c(cc2c1-c1cn[nH]c1)OCO3. The summed E-state index contributed by atoms with van der Waals surface area (Å²) in [6.45, 7) is 4.25. The molecule has 0 unspecified atom stereocenters. The van der Waals surface area contributed by atoms with Crippen molar-refractivity contribution in [1.82, 2.24) is 19.7 Å². The molecular weight excluding hydrogens is 436 g/mol. The normalized spacial score (nSPS) is 15.4. The number of aromatic amines is 1. The molecule has 2 aliphatic rings. The molecule has 5 heterocycles. The maximum absolute atomic E-state index is 13.6. The highest BCUT2D eigenvalue weighted by molar-refractivity contribution is 6.01. The second-order valence-electron chi connectivity index (χ2n) is 8.90. The van der Waals surface area contributed by atoms with E-state index in [4.69, 9.17) is 19.2 Å². The van der Waals surface area contributed by atoms with E-state index in [2.05, 4.69) is 10.2 Å². The maximum atomic E-state index is 13.6. The minimum absolute atomic E-state index is 0.117. The molecule has 9 heteroatoms. The molecule has 0 amide bonds. The van der Waals surface area contributed by atoms with Gasteiger partial charge < -0.3 is 23.9 Å². The number of fused-ring (bicyclic) bond motifs is 5. The molecule has 0 spiro atoms. The molecule has 9 nitrogen and oxygen atoms in total. The number of nitrogens with one attached hydrogen (secondary N) is 1. The van der Waals surface area contributed by atoms with Gasteiger partial charge in [0.05, 0.1) is 41.9 Å². The van der Waals surface area contributed by atoms with Crippen molar-refractivity contribution >= 4 is 10.9 Å². The molecule has 0 aliphatic carbocycles. The number of pyridine rings is 2. The third kappa shape index (κ3) is 2.90. The number of hydrogen-bond donors (Lipinski definition) is 2. The summed E-state index contributed by atoms with van der Waals surface area (Å²) in [4.78, 5) is 18.6. The standard InChI is InChI=1S/C25H24N4O5/c1-4-25(2,31)17-6-19-23-15(10-29(19)24(30)16(17)11-32-3)22(13-8-26-27-9-13)14-5-20-21(34-12-33-20)7-18(14)28-23/h5-9,31H,4,10-12H2,1-3H3,(H,26,27)/t25-/m0/s1. The monoisotopic (exact) mass is 460 g/mol. The smallest absolute Gasteiger partial charge is 0.257 e. The van der Waals surface area contributed by atoms with Gasteiger partial charge in [0.1, 0.15) is 0 Å². The van der Waals surface area contributed by atoms with Gasteiger partial charge >= 0.3 is 0 Å². The molecule has 6 rings (SSSR count). The van der Waals surface area contributed by atoms with E-state index in [9.17, 15) is 9.90 Å². The molecule has 1 atom stereocenters. The van der Waals surface area contributed by atoms with E-state index in [-0.39, 0.29) is 19.0 Å². The van der Waals surface area contributed by atoms with E-state index in [1.54, 1.807) is 24.8 Å². The second kappa shape index (κ2) is 7.41. The highest BCUT2D eigenvalue weighted by Crippen LogP contribution is 2.45.